The molecule has 0 bridgehead atoms. The number of pyridine rings is 2. The molecule has 2 atom stereocenters. The number of nitrogens with one attached hydrogen (secondary N) is 2. The topological polar surface area (TPSA) is 136 Å². The maximum absolute atomic E-state index is 13.1. The van der Waals surface area contributed by atoms with Gasteiger partial charge in [-0.1, -0.05) is 20.8 Å². The van der Waals surface area contributed by atoms with Crippen LogP contribution < -0.4 is 15.8 Å². The van der Waals surface area contributed by atoms with Crippen LogP contribution in [0.25, 0.3) is 16.8 Å². The zero-order valence-electron chi connectivity index (χ0n) is 20.0. The number of nitrogens with zero attached hydrogens (tertiary/aromatic N) is 5. The van der Waals surface area contributed by atoms with Crippen molar-refractivity contribution in [2.24, 2.45) is 5.92 Å². The predicted molar refractivity (Wildman–Crippen MR) is 130 cm³/mol. The van der Waals surface area contributed by atoms with Gasteiger partial charge in [0.25, 0.3) is 5.91 Å². The van der Waals surface area contributed by atoms with E-state index in [9.17, 15) is 4.79 Å². The fraction of sp³-hybridized carbons (Fsp3) is 0.375. The quantitative estimate of drug-likeness (QED) is 0.365. The van der Waals surface area contributed by atoms with E-state index in [2.05, 4.69) is 44.4 Å². The van der Waals surface area contributed by atoms with Crippen molar-refractivity contribution < 1.29 is 9.53 Å². The lowest BCUT2D eigenvalue weighted by atomic mass is 9.83. The van der Waals surface area contributed by atoms with Crippen LogP contribution >= 0.6 is 0 Å². The van der Waals surface area contributed by atoms with Crippen LogP contribution in [0.3, 0.4) is 0 Å². The minimum Gasteiger partial charge on any atom is -0.481 e. The molecule has 0 aliphatic rings. The lowest BCUT2D eigenvalue weighted by Gasteiger charge is -2.21. The van der Waals surface area contributed by atoms with Crippen LogP contribution in [-0.2, 0) is 0 Å². The molecule has 0 aromatic carbocycles. The fourth-order valence-electron chi connectivity index (χ4n) is 4.07. The standard InChI is InChI=1S/C24H30N8O2/c1-6-14(4)28-23(33)18-9-16(10-19-29-24(25)31-32(18)19)17-12-27-30-22(17)21(13(2)3)15-7-8-26-20(11-15)34-5/h7-14,21H,6H2,1-5H3,(H2,25,31)(H,27,30)(H,28,33)/t14-,21?/m0/s1. The van der Waals surface area contributed by atoms with Gasteiger partial charge in [-0.2, -0.15) is 10.1 Å². The average Bonchev–Trinajstić information content (AvgIpc) is 3.44. The van der Waals surface area contributed by atoms with Gasteiger partial charge in [-0.05, 0) is 48.6 Å². The Hall–Kier alpha value is -3.95. The number of ether oxygens (including phenoxy) is 1. The molecule has 1 unspecified atom stereocenters. The van der Waals surface area contributed by atoms with E-state index in [0.29, 0.717) is 17.2 Å². The molecule has 4 aromatic rings. The van der Waals surface area contributed by atoms with Gasteiger partial charge in [0.1, 0.15) is 5.69 Å². The lowest BCUT2D eigenvalue weighted by Crippen LogP contribution is -2.33. The van der Waals surface area contributed by atoms with Crippen molar-refractivity contribution in [1.29, 1.82) is 0 Å². The number of anilines is 1. The molecular formula is C24H30N8O2. The van der Waals surface area contributed by atoms with Crippen molar-refractivity contribution >= 4 is 17.5 Å². The van der Waals surface area contributed by atoms with Gasteiger partial charge in [0.15, 0.2) is 5.65 Å². The van der Waals surface area contributed by atoms with Crippen LogP contribution in [0.2, 0.25) is 0 Å². The van der Waals surface area contributed by atoms with Crippen molar-refractivity contribution in [3.8, 4) is 17.0 Å². The van der Waals surface area contributed by atoms with E-state index < -0.39 is 0 Å². The number of fused-ring (bicyclic) bond motifs is 1. The summed E-state index contributed by atoms with van der Waals surface area (Å²) >= 11 is 0. The number of amides is 1. The molecule has 0 spiro atoms. The first-order valence-corrected chi connectivity index (χ1v) is 11.3. The van der Waals surface area contributed by atoms with E-state index in [4.69, 9.17) is 10.5 Å². The number of nitrogens with two attached hydrogens (primary N) is 1. The highest BCUT2D eigenvalue weighted by Crippen LogP contribution is 2.37. The summed E-state index contributed by atoms with van der Waals surface area (Å²) in [5.74, 6) is 0.607. The molecule has 178 valence electrons. The molecule has 0 aliphatic heterocycles. The number of carbonyl (C=O) groups excluding carboxylic acids is 1. The van der Waals surface area contributed by atoms with Gasteiger partial charge in [0, 0.05) is 36.0 Å². The molecule has 0 saturated heterocycles. The van der Waals surface area contributed by atoms with Crippen LogP contribution in [0.15, 0.2) is 36.7 Å². The van der Waals surface area contributed by atoms with Gasteiger partial charge in [-0.15, -0.1) is 5.10 Å². The number of hydrogen-bond acceptors (Lipinski definition) is 7. The Morgan fingerprint density at radius 3 is 2.76 bits per heavy atom. The minimum atomic E-state index is -0.240. The van der Waals surface area contributed by atoms with Crippen LogP contribution in [0, 0.1) is 5.92 Å². The number of hydrogen-bond donors (Lipinski definition) is 3. The second-order valence-electron chi connectivity index (χ2n) is 8.69. The van der Waals surface area contributed by atoms with Crippen molar-refractivity contribution in [3.05, 3.63) is 53.6 Å². The molecule has 4 N–H and O–H groups in total. The molecular weight excluding hydrogens is 432 g/mol. The molecule has 4 aromatic heterocycles. The number of H-pyrrole nitrogens is 1. The first kappa shape index (κ1) is 23.2. The number of aromatic amines is 1. The van der Waals surface area contributed by atoms with E-state index in [-0.39, 0.29) is 29.7 Å². The Morgan fingerprint density at radius 2 is 2.06 bits per heavy atom. The Kier molecular flexibility index (Phi) is 6.49. The molecule has 4 heterocycles. The predicted octanol–water partition coefficient (Wildman–Crippen LogP) is 3.42. The van der Waals surface area contributed by atoms with Gasteiger partial charge < -0.3 is 15.8 Å². The largest absolute Gasteiger partial charge is 0.481 e. The summed E-state index contributed by atoms with van der Waals surface area (Å²) in [4.78, 5) is 21.6. The third-order valence-corrected chi connectivity index (χ3v) is 5.95. The summed E-state index contributed by atoms with van der Waals surface area (Å²) in [6.07, 6.45) is 4.38. The summed E-state index contributed by atoms with van der Waals surface area (Å²) in [5, 5.41) is 14.8. The molecule has 0 fully saturated rings. The van der Waals surface area contributed by atoms with E-state index in [1.54, 1.807) is 19.4 Å². The Morgan fingerprint density at radius 1 is 1.26 bits per heavy atom. The van der Waals surface area contributed by atoms with Gasteiger partial charge in [-0.25, -0.2) is 9.50 Å². The van der Waals surface area contributed by atoms with E-state index in [1.165, 1.54) is 4.52 Å². The molecule has 0 saturated carbocycles. The molecule has 10 nitrogen and oxygen atoms in total. The van der Waals surface area contributed by atoms with Crippen molar-refractivity contribution in [1.82, 2.24) is 35.1 Å². The van der Waals surface area contributed by atoms with Gasteiger partial charge in [0.2, 0.25) is 11.8 Å². The minimum absolute atomic E-state index is 0.0172. The number of aromatic nitrogens is 6. The highest BCUT2D eigenvalue weighted by atomic mass is 16.5. The Bertz CT molecular complexity index is 1310. The summed E-state index contributed by atoms with van der Waals surface area (Å²) in [7, 11) is 1.60. The van der Waals surface area contributed by atoms with E-state index >= 15 is 0 Å². The highest BCUT2D eigenvalue weighted by Gasteiger charge is 2.26. The summed E-state index contributed by atoms with van der Waals surface area (Å²) in [6, 6.07) is 7.58. The molecule has 0 aliphatic carbocycles. The summed E-state index contributed by atoms with van der Waals surface area (Å²) < 4.78 is 6.81. The number of nitrogen functional groups attached to an aromatic ring is 1. The Labute approximate surface area is 198 Å². The molecule has 34 heavy (non-hydrogen) atoms. The second kappa shape index (κ2) is 9.50. The Balaban J connectivity index is 1.85. The van der Waals surface area contributed by atoms with Crippen molar-refractivity contribution in [2.45, 2.75) is 46.1 Å². The van der Waals surface area contributed by atoms with Crippen LogP contribution in [-0.4, -0.2) is 48.8 Å². The first-order valence-electron chi connectivity index (χ1n) is 11.3. The zero-order valence-corrected chi connectivity index (χ0v) is 20.0. The number of carbonyl (C=O) groups is 1. The van der Waals surface area contributed by atoms with Gasteiger partial charge >= 0.3 is 0 Å². The van der Waals surface area contributed by atoms with Crippen LogP contribution in [0.5, 0.6) is 5.88 Å². The summed E-state index contributed by atoms with van der Waals surface area (Å²) in [5.41, 5.74) is 10.3. The molecule has 4 rings (SSSR count). The van der Waals surface area contributed by atoms with E-state index in [0.717, 1.165) is 28.8 Å². The molecule has 0 radical (unpaired) electrons. The SMILES string of the molecule is CC[C@H](C)NC(=O)c1cc(-c2c[nH]nc2C(c2ccnc(OC)c2)C(C)C)cc2nc(N)nn12. The maximum Gasteiger partial charge on any atom is 0.270 e. The number of rotatable bonds is 8. The van der Waals surface area contributed by atoms with Gasteiger partial charge in [0.05, 0.1) is 12.8 Å². The van der Waals surface area contributed by atoms with Crippen LogP contribution in [0.4, 0.5) is 5.95 Å². The fourth-order valence-corrected chi connectivity index (χ4v) is 4.07. The average molecular weight is 463 g/mol. The monoisotopic (exact) mass is 462 g/mol. The van der Waals surface area contributed by atoms with Gasteiger partial charge in [-0.3, -0.25) is 9.89 Å². The maximum atomic E-state index is 13.1. The third-order valence-electron chi connectivity index (χ3n) is 5.95. The molecule has 1 amide bonds. The van der Waals surface area contributed by atoms with E-state index in [1.807, 2.05) is 38.2 Å². The van der Waals surface area contributed by atoms with Crippen molar-refractivity contribution in [3.63, 3.8) is 0 Å². The smallest absolute Gasteiger partial charge is 0.270 e. The first-order chi connectivity index (χ1) is 16.3. The lowest BCUT2D eigenvalue weighted by molar-refractivity contribution is 0.0932. The zero-order chi connectivity index (χ0) is 24.4. The van der Waals surface area contributed by atoms with Crippen LogP contribution in [0.1, 0.15) is 61.8 Å². The third kappa shape index (κ3) is 4.43. The van der Waals surface area contributed by atoms with Crippen molar-refractivity contribution in [2.75, 3.05) is 12.8 Å². The number of methoxy groups -OCH3 is 1. The normalized spacial score (nSPS) is 13.2. The summed E-state index contributed by atoms with van der Waals surface area (Å²) in [6.45, 7) is 8.26. The second-order valence-corrected chi connectivity index (χ2v) is 8.69. The highest BCUT2D eigenvalue weighted by molar-refractivity contribution is 5.95. The molecule has 10 heteroatoms.